The Morgan fingerprint density at radius 3 is 2.69 bits per heavy atom. The number of nitrogens with zero attached hydrogens (tertiary/aromatic N) is 1. The first-order chi connectivity index (χ1) is 12.6. The largest absolute Gasteiger partial charge is 0.484 e. The van der Waals surface area contributed by atoms with Gasteiger partial charge in [0.2, 0.25) is 0 Å². The number of carbonyl (C=O) groups is 1. The number of rotatable bonds is 7. The molecular formula is C21H28N2O3. The van der Waals surface area contributed by atoms with Crippen molar-refractivity contribution in [2.24, 2.45) is 0 Å². The van der Waals surface area contributed by atoms with Crippen molar-refractivity contribution in [1.29, 1.82) is 0 Å². The SMILES string of the molecule is Cc1cccc(OCC(=O)NCC(c2ccc(C)o2)N2CCCCC2)c1. The van der Waals surface area contributed by atoms with Crippen molar-refractivity contribution in [2.45, 2.75) is 39.2 Å². The van der Waals surface area contributed by atoms with Gasteiger partial charge in [-0.15, -0.1) is 0 Å². The van der Waals surface area contributed by atoms with Crippen LogP contribution in [0.25, 0.3) is 0 Å². The van der Waals surface area contributed by atoms with Crippen LogP contribution in [0.15, 0.2) is 40.8 Å². The summed E-state index contributed by atoms with van der Waals surface area (Å²) in [6.07, 6.45) is 3.66. The molecular weight excluding hydrogens is 328 g/mol. The molecule has 140 valence electrons. The maximum atomic E-state index is 12.2. The van der Waals surface area contributed by atoms with E-state index < -0.39 is 0 Å². The van der Waals surface area contributed by atoms with Crippen molar-refractivity contribution < 1.29 is 13.9 Å². The van der Waals surface area contributed by atoms with Gasteiger partial charge in [0, 0.05) is 6.54 Å². The first-order valence-corrected chi connectivity index (χ1v) is 9.38. The summed E-state index contributed by atoms with van der Waals surface area (Å²) in [5, 5.41) is 3.01. The van der Waals surface area contributed by atoms with Crippen molar-refractivity contribution in [1.82, 2.24) is 10.2 Å². The number of benzene rings is 1. The van der Waals surface area contributed by atoms with Gasteiger partial charge >= 0.3 is 0 Å². The lowest BCUT2D eigenvalue weighted by atomic mass is 10.1. The minimum absolute atomic E-state index is 0.0212. The lowest BCUT2D eigenvalue weighted by molar-refractivity contribution is -0.123. The Morgan fingerprint density at radius 2 is 2.00 bits per heavy atom. The van der Waals surface area contributed by atoms with Crippen LogP contribution in [0.4, 0.5) is 0 Å². The molecule has 1 amide bonds. The molecule has 0 radical (unpaired) electrons. The fourth-order valence-electron chi connectivity index (χ4n) is 3.39. The summed E-state index contributed by atoms with van der Waals surface area (Å²) in [6.45, 7) is 6.59. The Labute approximate surface area is 155 Å². The lowest BCUT2D eigenvalue weighted by Gasteiger charge is -2.33. The fourth-order valence-corrected chi connectivity index (χ4v) is 3.39. The molecule has 1 aliphatic rings. The van der Waals surface area contributed by atoms with Gasteiger partial charge in [0.15, 0.2) is 6.61 Å². The van der Waals surface area contributed by atoms with E-state index in [9.17, 15) is 4.79 Å². The van der Waals surface area contributed by atoms with Crippen LogP contribution in [0.2, 0.25) is 0 Å². The predicted octanol–water partition coefficient (Wildman–Crippen LogP) is 3.62. The van der Waals surface area contributed by atoms with E-state index in [1.54, 1.807) is 0 Å². The molecule has 1 unspecified atom stereocenters. The Balaban J connectivity index is 1.55. The molecule has 3 rings (SSSR count). The van der Waals surface area contributed by atoms with Crippen LogP contribution in [0, 0.1) is 13.8 Å². The first kappa shape index (κ1) is 18.5. The Kier molecular flexibility index (Phi) is 6.34. The molecule has 1 fully saturated rings. The number of amides is 1. The summed E-state index contributed by atoms with van der Waals surface area (Å²) < 4.78 is 11.4. The van der Waals surface area contributed by atoms with E-state index in [1.165, 1.54) is 19.3 Å². The van der Waals surface area contributed by atoms with Gasteiger partial charge in [-0.25, -0.2) is 0 Å². The zero-order valence-corrected chi connectivity index (χ0v) is 15.7. The number of likely N-dealkylation sites (tertiary alicyclic amines) is 1. The van der Waals surface area contributed by atoms with Crippen LogP contribution >= 0.6 is 0 Å². The summed E-state index contributed by atoms with van der Waals surface area (Å²) in [6, 6.07) is 11.8. The van der Waals surface area contributed by atoms with Crippen LogP contribution < -0.4 is 10.1 Å². The van der Waals surface area contributed by atoms with Gasteiger partial charge in [0.25, 0.3) is 5.91 Å². The van der Waals surface area contributed by atoms with Gasteiger partial charge in [-0.3, -0.25) is 9.69 Å². The normalized spacial score (nSPS) is 16.2. The molecule has 0 saturated carbocycles. The zero-order valence-electron chi connectivity index (χ0n) is 15.7. The smallest absolute Gasteiger partial charge is 0.258 e. The summed E-state index contributed by atoms with van der Waals surface area (Å²) in [5.41, 5.74) is 1.11. The third-order valence-corrected chi connectivity index (χ3v) is 4.77. The van der Waals surface area contributed by atoms with E-state index in [0.29, 0.717) is 6.54 Å². The molecule has 5 nitrogen and oxygen atoms in total. The highest BCUT2D eigenvalue weighted by molar-refractivity contribution is 5.77. The van der Waals surface area contributed by atoms with Gasteiger partial charge in [-0.2, -0.15) is 0 Å². The molecule has 26 heavy (non-hydrogen) atoms. The van der Waals surface area contributed by atoms with Gasteiger partial charge in [-0.05, 0) is 69.6 Å². The van der Waals surface area contributed by atoms with Crippen LogP contribution in [-0.2, 0) is 4.79 Å². The number of nitrogens with one attached hydrogen (secondary N) is 1. The molecule has 1 atom stereocenters. The van der Waals surface area contributed by atoms with Gasteiger partial charge in [0.05, 0.1) is 6.04 Å². The number of hydrogen-bond acceptors (Lipinski definition) is 4. The van der Waals surface area contributed by atoms with Crippen LogP contribution in [0.1, 0.15) is 42.4 Å². The molecule has 1 saturated heterocycles. The number of piperidine rings is 1. The number of carbonyl (C=O) groups excluding carboxylic acids is 1. The average molecular weight is 356 g/mol. The minimum Gasteiger partial charge on any atom is -0.484 e. The topological polar surface area (TPSA) is 54.7 Å². The van der Waals surface area contributed by atoms with Gasteiger partial charge in [-0.1, -0.05) is 18.6 Å². The Bertz CT molecular complexity index is 720. The van der Waals surface area contributed by atoms with Crippen molar-refractivity contribution in [3.05, 3.63) is 53.5 Å². The Hall–Kier alpha value is -2.27. The van der Waals surface area contributed by atoms with E-state index in [-0.39, 0.29) is 18.6 Å². The maximum Gasteiger partial charge on any atom is 0.258 e. The van der Waals surface area contributed by atoms with E-state index in [4.69, 9.17) is 9.15 Å². The van der Waals surface area contributed by atoms with Crippen molar-refractivity contribution >= 4 is 5.91 Å². The highest BCUT2D eigenvalue weighted by Crippen LogP contribution is 2.25. The van der Waals surface area contributed by atoms with Gasteiger partial charge in [0.1, 0.15) is 17.3 Å². The molecule has 2 heterocycles. The van der Waals surface area contributed by atoms with Gasteiger partial charge < -0.3 is 14.5 Å². The third-order valence-electron chi connectivity index (χ3n) is 4.77. The standard InChI is InChI=1S/C21H28N2O3/c1-16-7-6-8-18(13-16)25-15-21(24)22-14-19(20-10-9-17(2)26-20)23-11-4-3-5-12-23/h6-10,13,19H,3-5,11-12,14-15H2,1-2H3,(H,22,24). The zero-order chi connectivity index (χ0) is 18.4. The second-order valence-electron chi connectivity index (χ2n) is 6.97. The molecule has 0 bridgehead atoms. The van der Waals surface area contributed by atoms with E-state index >= 15 is 0 Å². The average Bonchev–Trinajstić information content (AvgIpc) is 3.07. The number of hydrogen-bond donors (Lipinski definition) is 1. The molecule has 1 aromatic carbocycles. The molecule has 0 aliphatic carbocycles. The minimum atomic E-state index is -0.114. The highest BCUT2D eigenvalue weighted by atomic mass is 16.5. The van der Waals surface area contributed by atoms with Crippen molar-refractivity contribution in [3.8, 4) is 5.75 Å². The highest BCUT2D eigenvalue weighted by Gasteiger charge is 2.25. The molecule has 2 aromatic rings. The van der Waals surface area contributed by atoms with Crippen LogP contribution in [0.5, 0.6) is 5.75 Å². The quantitative estimate of drug-likeness (QED) is 0.823. The first-order valence-electron chi connectivity index (χ1n) is 9.38. The summed E-state index contributed by atoms with van der Waals surface area (Å²) >= 11 is 0. The number of aryl methyl sites for hydroxylation is 2. The monoisotopic (exact) mass is 356 g/mol. The second kappa shape index (κ2) is 8.90. The molecule has 1 N–H and O–H groups in total. The maximum absolute atomic E-state index is 12.2. The van der Waals surface area contributed by atoms with Crippen molar-refractivity contribution in [3.63, 3.8) is 0 Å². The van der Waals surface area contributed by atoms with E-state index in [2.05, 4.69) is 10.2 Å². The third kappa shape index (κ3) is 5.11. The number of ether oxygens (including phenoxy) is 1. The molecule has 1 aromatic heterocycles. The second-order valence-corrected chi connectivity index (χ2v) is 6.97. The summed E-state index contributed by atoms with van der Waals surface area (Å²) in [7, 11) is 0. The van der Waals surface area contributed by atoms with E-state index in [1.807, 2.05) is 50.2 Å². The summed E-state index contributed by atoms with van der Waals surface area (Å²) in [4.78, 5) is 14.6. The number of furan rings is 1. The molecule has 1 aliphatic heterocycles. The molecule has 0 spiro atoms. The van der Waals surface area contributed by atoms with Crippen LogP contribution in [0.3, 0.4) is 0 Å². The van der Waals surface area contributed by atoms with Crippen LogP contribution in [-0.4, -0.2) is 37.0 Å². The van der Waals surface area contributed by atoms with E-state index in [0.717, 1.165) is 35.9 Å². The summed E-state index contributed by atoms with van der Waals surface area (Å²) in [5.74, 6) is 2.42. The molecule has 5 heteroatoms. The predicted molar refractivity (Wildman–Crippen MR) is 101 cm³/mol. The Morgan fingerprint density at radius 1 is 1.19 bits per heavy atom. The fraction of sp³-hybridized carbons (Fsp3) is 0.476. The van der Waals surface area contributed by atoms with Crippen molar-refractivity contribution in [2.75, 3.05) is 26.2 Å². The lowest BCUT2D eigenvalue weighted by Crippen LogP contribution is -2.41.